The molecule has 3 aromatic rings. The molecule has 0 radical (unpaired) electrons. The predicted octanol–water partition coefficient (Wildman–Crippen LogP) is 3.26. The highest BCUT2D eigenvalue weighted by atomic mass is 16.5. The Labute approximate surface area is 143 Å². The molecule has 0 amide bonds. The van der Waals surface area contributed by atoms with Crippen LogP contribution in [-0.2, 0) is 0 Å². The third-order valence-corrected chi connectivity index (χ3v) is 3.64. The van der Waals surface area contributed by atoms with E-state index in [1.807, 2.05) is 13.0 Å². The van der Waals surface area contributed by atoms with E-state index in [1.54, 1.807) is 24.3 Å². The number of benzene rings is 2. The zero-order chi connectivity index (χ0) is 17.8. The molecule has 2 aromatic carbocycles. The van der Waals surface area contributed by atoms with E-state index in [0.717, 1.165) is 10.9 Å². The fourth-order valence-electron chi connectivity index (χ4n) is 2.41. The Morgan fingerprint density at radius 2 is 1.64 bits per heavy atom. The Morgan fingerprint density at radius 1 is 1.00 bits per heavy atom. The van der Waals surface area contributed by atoms with Gasteiger partial charge in [0.1, 0.15) is 30.3 Å². The minimum atomic E-state index is -0.979. The van der Waals surface area contributed by atoms with Gasteiger partial charge in [0.05, 0.1) is 5.56 Å². The van der Waals surface area contributed by atoms with Gasteiger partial charge in [-0.15, -0.1) is 0 Å². The standard InChI is InChI=1S/C19H16O6/c1-12-10-18(20)25-17-11-15(6-7-16(12)17)24-9-8-23-14-4-2-13(3-5-14)19(21)22/h2-7,10-11H,8-9H2,1H3,(H,21,22). The molecule has 0 unspecified atom stereocenters. The highest BCUT2D eigenvalue weighted by molar-refractivity contribution is 5.87. The third kappa shape index (κ3) is 3.98. The number of carboxylic acids is 1. The van der Waals surface area contributed by atoms with Gasteiger partial charge >= 0.3 is 11.6 Å². The lowest BCUT2D eigenvalue weighted by molar-refractivity contribution is 0.0697. The minimum Gasteiger partial charge on any atom is -0.490 e. The molecule has 1 N–H and O–H groups in total. The van der Waals surface area contributed by atoms with E-state index in [2.05, 4.69) is 0 Å². The normalized spacial score (nSPS) is 10.6. The summed E-state index contributed by atoms with van der Waals surface area (Å²) in [6.07, 6.45) is 0. The van der Waals surface area contributed by atoms with Crippen LogP contribution in [0, 0.1) is 6.92 Å². The van der Waals surface area contributed by atoms with Crippen molar-refractivity contribution in [2.45, 2.75) is 6.92 Å². The molecule has 6 heteroatoms. The summed E-state index contributed by atoms with van der Waals surface area (Å²) in [4.78, 5) is 22.2. The van der Waals surface area contributed by atoms with Crippen molar-refractivity contribution in [1.29, 1.82) is 0 Å². The Morgan fingerprint density at radius 3 is 2.32 bits per heavy atom. The smallest absolute Gasteiger partial charge is 0.336 e. The van der Waals surface area contributed by atoms with E-state index in [-0.39, 0.29) is 5.56 Å². The molecule has 0 atom stereocenters. The van der Waals surface area contributed by atoms with Gasteiger partial charge in [-0.2, -0.15) is 0 Å². The van der Waals surface area contributed by atoms with Crippen molar-refractivity contribution in [2.75, 3.05) is 13.2 Å². The molecule has 0 aliphatic carbocycles. The van der Waals surface area contributed by atoms with Gasteiger partial charge in [0, 0.05) is 17.5 Å². The van der Waals surface area contributed by atoms with E-state index in [0.29, 0.717) is 30.3 Å². The van der Waals surface area contributed by atoms with E-state index >= 15 is 0 Å². The average Bonchev–Trinajstić information content (AvgIpc) is 2.58. The summed E-state index contributed by atoms with van der Waals surface area (Å²) in [6, 6.07) is 12.9. The second-order valence-corrected chi connectivity index (χ2v) is 5.43. The van der Waals surface area contributed by atoms with Gasteiger partial charge in [-0.1, -0.05) is 0 Å². The van der Waals surface area contributed by atoms with Gasteiger partial charge in [-0.3, -0.25) is 0 Å². The Kier molecular flexibility index (Phi) is 4.70. The Bertz CT molecular complexity index is 956. The van der Waals surface area contributed by atoms with Crippen LogP contribution in [0.3, 0.4) is 0 Å². The number of aromatic carboxylic acids is 1. The van der Waals surface area contributed by atoms with Crippen LogP contribution in [0.2, 0.25) is 0 Å². The fraction of sp³-hybridized carbons (Fsp3) is 0.158. The highest BCUT2D eigenvalue weighted by Crippen LogP contribution is 2.22. The first-order valence-corrected chi connectivity index (χ1v) is 7.66. The Hall–Kier alpha value is -3.28. The molecule has 0 aliphatic rings. The van der Waals surface area contributed by atoms with Crippen LogP contribution in [0.15, 0.2) is 57.7 Å². The molecular weight excluding hydrogens is 324 g/mol. The number of aryl methyl sites for hydroxylation is 1. The van der Waals surface area contributed by atoms with E-state index in [9.17, 15) is 9.59 Å². The lowest BCUT2D eigenvalue weighted by atomic mass is 10.1. The second kappa shape index (κ2) is 7.09. The van der Waals surface area contributed by atoms with Crippen molar-refractivity contribution < 1.29 is 23.8 Å². The summed E-state index contributed by atoms with van der Waals surface area (Å²) in [5.41, 5.74) is 1.14. The molecule has 128 valence electrons. The molecule has 0 saturated carbocycles. The van der Waals surface area contributed by atoms with E-state index in [4.69, 9.17) is 19.0 Å². The van der Waals surface area contributed by atoms with Gasteiger partial charge < -0.3 is 19.0 Å². The minimum absolute atomic E-state index is 0.205. The molecule has 0 spiro atoms. The molecule has 0 aliphatic heterocycles. The quantitative estimate of drug-likeness (QED) is 0.547. The molecule has 3 rings (SSSR count). The maximum Gasteiger partial charge on any atom is 0.336 e. The van der Waals surface area contributed by atoms with Crippen LogP contribution >= 0.6 is 0 Å². The van der Waals surface area contributed by atoms with Gasteiger partial charge in [-0.05, 0) is 48.9 Å². The van der Waals surface area contributed by atoms with E-state index < -0.39 is 11.6 Å². The summed E-state index contributed by atoms with van der Waals surface area (Å²) in [7, 11) is 0. The van der Waals surface area contributed by atoms with Gasteiger partial charge in [0.15, 0.2) is 0 Å². The van der Waals surface area contributed by atoms with Gasteiger partial charge in [0.2, 0.25) is 0 Å². The predicted molar refractivity (Wildman–Crippen MR) is 91.6 cm³/mol. The topological polar surface area (TPSA) is 86.0 Å². The van der Waals surface area contributed by atoms with Crippen LogP contribution in [-0.4, -0.2) is 24.3 Å². The van der Waals surface area contributed by atoms with Crippen molar-refractivity contribution in [3.8, 4) is 11.5 Å². The van der Waals surface area contributed by atoms with Crippen LogP contribution < -0.4 is 15.1 Å². The lowest BCUT2D eigenvalue weighted by Gasteiger charge is -2.09. The first-order valence-electron chi connectivity index (χ1n) is 7.66. The van der Waals surface area contributed by atoms with Crippen molar-refractivity contribution in [3.05, 3.63) is 70.1 Å². The molecule has 25 heavy (non-hydrogen) atoms. The maximum atomic E-state index is 11.4. The first-order chi connectivity index (χ1) is 12.0. The number of hydrogen-bond donors (Lipinski definition) is 1. The number of carboxylic acid groups (broad SMARTS) is 1. The number of fused-ring (bicyclic) bond motifs is 1. The summed E-state index contributed by atoms with van der Waals surface area (Å²) in [6.45, 7) is 2.44. The van der Waals surface area contributed by atoms with Crippen molar-refractivity contribution in [3.63, 3.8) is 0 Å². The number of ether oxygens (including phenoxy) is 2. The molecule has 0 saturated heterocycles. The lowest BCUT2D eigenvalue weighted by Crippen LogP contribution is -2.09. The molecule has 0 bridgehead atoms. The van der Waals surface area contributed by atoms with Crippen LogP contribution in [0.5, 0.6) is 11.5 Å². The highest BCUT2D eigenvalue weighted by Gasteiger charge is 2.05. The SMILES string of the molecule is Cc1cc(=O)oc2cc(OCCOc3ccc(C(=O)O)cc3)ccc12. The first kappa shape index (κ1) is 16.6. The van der Waals surface area contributed by atoms with Crippen molar-refractivity contribution >= 4 is 16.9 Å². The number of rotatable bonds is 6. The third-order valence-electron chi connectivity index (χ3n) is 3.64. The van der Waals surface area contributed by atoms with Gasteiger partial charge in [-0.25, -0.2) is 9.59 Å². The zero-order valence-corrected chi connectivity index (χ0v) is 13.5. The molecule has 0 fully saturated rings. The van der Waals surface area contributed by atoms with Gasteiger partial charge in [0.25, 0.3) is 0 Å². The molecule has 1 heterocycles. The zero-order valence-electron chi connectivity index (χ0n) is 13.5. The summed E-state index contributed by atoms with van der Waals surface area (Å²) < 4.78 is 16.3. The second-order valence-electron chi connectivity index (χ2n) is 5.43. The summed E-state index contributed by atoms with van der Waals surface area (Å²) >= 11 is 0. The maximum absolute atomic E-state index is 11.4. The molecule has 1 aromatic heterocycles. The van der Waals surface area contributed by atoms with Crippen LogP contribution in [0.25, 0.3) is 11.0 Å². The molecule has 6 nitrogen and oxygen atoms in total. The summed E-state index contributed by atoms with van der Waals surface area (Å²) in [5.74, 6) is 0.160. The summed E-state index contributed by atoms with van der Waals surface area (Å²) in [5, 5.41) is 9.70. The van der Waals surface area contributed by atoms with Crippen LogP contribution in [0.4, 0.5) is 0 Å². The fourth-order valence-corrected chi connectivity index (χ4v) is 2.41. The monoisotopic (exact) mass is 340 g/mol. The van der Waals surface area contributed by atoms with Crippen molar-refractivity contribution in [2.24, 2.45) is 0 Å². The molecular formula is C19H16O6. The largest absolute Gasteiger partial charge is 0.490 e. The number of hydrogen-bond acceptors (Lipinski definition) is 5. The Balaban J connectivity index is 1.57. The average molecular weight is 340 g/mol. The number of carbonyl (C=O) groups is 1. The van der Waals surface area contributed by atoms with Crippen LogP contribution in [0.1, 0.15) is 15.9 Å². The van der Waals surface area contributed by atoms with E-state index in [1.165, 1.54) is 18.2 Å². The van der Waals surface area contributed by atoms with Crippen molar-refractivity contribution in [1.82, 2.24) is 0 Å².